The normalized spacial score (nSPS) is 20.4. The molecule has 6 nitrogen and oxygen atoms in total. The Morgan fingerprint density at radius 3 is 3.06 bits per heavy atom. The first kappa shape index (κ1) is 11.7. The van der Waals surface area contributed by atoms with Crippen LogP contribution < -0.4 is 11.6 Å². The molecule has 1 aliphatic rings. The van der Waals surface area contributed by atoms with E-state index in [4.69, 9.17) is 16.3 Å². The smallest absolute Gasteiger partial charge is 0.209 e. The summed E-state index contributed by atoms with van der Waals surface area (Å²) in [5.41, 5.74) is 5.43. The summed E-state index contributed by atoms with van der Waals surface area (Å²) < 4.78 is 7.07. The molecular formula is C9H17N5OS. The lowest BCUT2D eigenvalue weighted by molar-refractivity contribution is 0.103. The molecule has 1 atom stereocenters. The van der Waals surface area contributed by atoms with Gasteiger partial charge >= 0.3 is 0 Å². The van der Waals surface area contributed by atoms with Crippen LogP contribution >= 0.6 is 11.8 Å². The van der Waals surface area contributed by atoms with Crippen LogP contribution in [0.1, 0.15) is 31.2 Å². The maximum Gasteiger partial charge on any atom is 0.209 e. The monoisotopic (exact) mass is 243 g/mol. The van der Waals surface area contributed by atoms with Gasteiger partial charge in [-0.15, -0.1) is 10.2 Å². The number of thioether (sulfide) groups is 1. The number of nitrogens with zero attached hydrogens (tertiary/aromatic N) is 3. The Morgan fingerprint density at radius 1 is 1.50 bits per heavy atom. The standard InChI is InChI=1S/C9H17N5OS/c10-4-2-6-16-9-13-12-8(14(9)11)7-3-1-5-15-7/h7H,1-6,10-11H2. The number of rotatable bonds is 5. The van der Waals surface area contributed by atoms with Crippen LogP contribution in [-0.4, -0.2) is 33.8 Å². The number of aromatic nitrogens is 3. The molecule has 7 heteroatoms. The SMILES string of the molecule is NCCCSc1nnc(C2CCCO2)n1N. The van der Waals surface area contributed by atoms with E-state index >= 15 is 0 Å². The highest BCUT2D eigenvalue weighted by Gasteiger charge is 2.24. The average molecular weight is 243 g/mol. The van der Waals surface area contributed by atoms with Crippen LogP contribution in [0.2, 0.25) is 0 Å². The van der Waals surface area contributed by atoms with Crippen molar-refractivity contribution in [3.8, 4) is 0 Å². The summed E-state index contributed by atoms with van der Waals surface area (Å²) in [6.45, 7) is 1.47. The van der Waals surface area contributed by atoms with Gasteiger partial charge in [-0.2, -0.15) is 0 Å². The fourth-order valence-electron chi connectivity index (χ4n) is 1.63. The molecule has 1 saturated heterocycles. The molecule has 90 valence electrons. The van der Waals surface area contributed by atoms with Crippen LogP contribution in [0, 0.1) is 0 Å². The summed E-state index contributed by atoms with van der Waals surface area (Å²) >= 11 is 1.58. The van der Waals surface area contributed by atoms with Crippen molar-refractivity contribution in [2.24, 2.45) is 5.73 Å². The van der Waals surface area contributed by atoms with E-state index in [1.807, 2.05) is 0 Å². The van der Waals surface area contributed by atoms with Gasteiger partial charge in [0.15, 0.2) is 5.82 Å². The first-order chi connectivity index (χ1) is 7.83. The molecule has 0 aromatic carbocycles. The Balaban J connectivity index is 1.99. The molecule has 1 aliphatic heterocycles. The van der Waals surface area contributed by atoms with Gasteiger partial charge in [0.1, 0.15) is 6.10 Å². The van der Waals surface area contributed by atoms with Gasteiger partial charge in [-0.05, 0) is 25.8 Å². The zero-order valence-electron chi connectivity index (χ0n) is 9.13. The first-order valence-electron chi connectivity index (χ1n) is 5.47. The van der Waals surface area contributed by atoms with Gasteiger partial charge < -0.3 is 16.3 Å². The van der Waals surface area contributed by atoms with Crippen LogP contribution in [0.15, 0.2) is 5.16 Å². The van der Waals surface area contributed by atoms with Crippen molar-refractivity contribution in [2.75, 3.05) is 24.7 Å². The minimum absolute atomic E-state index is 0.0151. The molecule has 0 amide bonds. The highest BCUT2D eigenvalue weighted by atomic mass is 32.2. The van der Waals surface area contributed by atoms with E-state index in [-0.39, 0.29) is 6.10 Å². The van der Waals surface area contributed by atoms with Gasteiger partial charge in [-0.1, -0.05) is 11.8 Å². The van der Waals surface area contributed by atoms with E-state index in [1.165, 1.54) is 4.68 Å². The number of hydrogen-bond acceptors (Lipinski definition) is 6. The Morgan fingerprint density at radius 2 is 2.38 bits per heavy atom. The van der Waals surface area contributed by atoms with Gasteiger partial charge in [0.05, 0.1) is 0 Å². The summed E-state index contributed by atoms with van der Waals surface area (Å²) in [6, 6.07) is 0. The van der Waals surface area contributed by atoms with Crippen molar-refractivity contribution in [1.82, 2.24) is 14.9 Å². The molecule has 1 fully saturated rings. The van der Waals surface area contributed by atoms with Crippen LogP contribution in [0.5, 0.6) is 0 Å². The van der Waals surface area contributed by atoms with Crippen molar-refractivity contribution in [3.63, 3.8) is 0 Å². The van der Waals surface area contributed by atoms with E-state index in [2.05, 4.69) is 10.2 Å². The molecule has 1 unspecified atom stereocenters. The van der Waals surface area contributed by atoms with E-state index in [0.717, 1.165) is 42.6 Å². The molecule has 0 spiro atoms. The van der Waals surface area contributed by atoms with Crippen LogP contribution in [0.3, 0.4) is 0 Å². The topological polar surface area (TPSA) is 92.0 Å². The third kappa shape index (κ3) is 2.47. The molecule has 1 aromatic heterocycles. The molecular weight excluding hydrogens is 226 g/mol. The number of nitrogen functional groups attached to an aromatic ring is 1. The third-order valence-corrected chi connectivity index (χ3v) is 3.52. The highest BCUT2D eigenvalue weighted by Crippen LogP contribution is 2.28. The predicted molar refractivity (Wildman–Crippen MR) is 62.5 cm³/mol. The molecule has 2 heterocycles. The zero-order chi connectivity index (χ0) is 11.4. The second-order valence-corrected chi connectivity index (χ2v) is 4.77. The van der Waals surface area contributed by atoms with Gasteiger partial charge in [0.25, 0.3) is 0 Å². The van der Waals surface area contributed by atoms with Crippen molar-refractivity contribution in [3.05, 3.63) is 5.82 Å². The fraction of sp³-hybridized carbons (Fsp3) is 0.778. The van der Waals surface area contributed by atoms with Gasteiger partial charge in [-0.3, -0.25) is 0 Å². The van der Waals surface area contributed by atoms with Gasteiger partial charge in [0, 0.05) is 12.4 Å². The van der Waals surface area contributed by atoms with Crippen molar-refractivity contribution >= 4 is 11.8 Å². The summed E-state index contributed by atoms with van der Waals surface area (Å²) in [7, 11) is 0. The first-order valence-corrected chi connectivity index (χ1v) is 6.46. The quantitative estimate of drug-likeness (QED) is 0.438. The maximum atomic E-state index is 5.92. The second kappa shape index (κ2) is 5.51. The lowest BCUT2D eigenvalue weighted by Crippen LogP contribution is -2.17. The minimum atomic E-state index is 0.0151. The lowest BCUT2D eigenvalue weighted by atomic mass is 10.2. The molecule has 4 N–H and O–H groups in total. The molecule has 1 aromatic rings. The Labute approximate surface area is 98.7 Å². The summed E-state index contributed by atoms with van der Waals surface area (Å²) in [6.07, 6.45) is 3.00. The predicted octanol–water partition coefficient (Wildman–Crippen LogP) is 0.284. The molecule has 2 rings (SSSR count). The van der Waals surface area contributed by atoms with Crippen molar-refractivity contribution in [2.45, 2.75) is 30.5 Å². The Kier molecular flexibility index (Phi) is 4.03. The van der Waals surface area contributed by atoms with Gasteiger partial charge in [-0.25, -0.2) is 4.68 Å². The maximum absolute atomic E-state index is 5.92. The molecule has 0 saturated carbocycles. The third-order valence-electron chi connectivity index (χ3n) is 2.49. The van der Waals surface area contributed by atoms with Crippen molar-refractivity contribution < 1.29 is 4.74 Å². The summed E-state index contributed by atoms with van der Waals surface area (Å²) in [4.78, 5) is 0. The minimum Gasteiger partial charge on any atom is -0.370 e. The molecule has 16 heavy (non-hydrogen) atoms. The average Bonchev–Trinajstić information content (AvgIpc) is 2.89. The van der Waals surface area contributed by atoms with Crippen molar-refractivity contribution in [1.29, 1.82) is 0 Å². The lowest BCUT2D eigenvalue weighted by Gasteiger charge is -2.08. The van der Waals surface area contributed by atoms with Crippen LogP contribution in [-0.2, 0) is 4.74 Å². The highest BCUT2D eigenvalue weighted by molar-refractivity contribution is 7.99. The molecule has 0 radical (unpaired) electrons. The van der Waals surface area contributed by atoms with Crippen LogP contribution in [0.25, 0.3) is 0 Å². The van der Waals surface area contributed by atoms with Crippen LogP contribution in [0.4, 0.5) is 0 Å². The largest absolute Gasteiger partial charge is 0.370 e. The number of hydrogen-bond donors (Lipinski definition) is 2. The van der Waals surface area contributed by atoms with E-state index in [0.29, 0.717) is 6.54 Å². The molecule has 0 aliphatic carbocycles. The Hall–Kier alpha value is -0.790. The zero-order valence-corrected chi connectivity index (χ0v) is 9.95. The van der Waals surface area contributed by atoms with E-state index in [1.54, 1.807) is 11.8 Å². The number of nitrogens with two attached hydrogens (primary N) is 2. The fourth-order valence-corrected chi connectivity index (χ4v) is 2.46. The second-order valence-electron chi connectivity index (χ2n) is 3.70. The van der Waals surface area contributed by atoms with E-state index in [9.17, 15) is 0 Å². The number of ether oxygens (including phenoxy) is 1. The molecule has 0 bridgehead atoms. The van der Waals surface area contributed by atoms with Gasteiger partial charge in [0.2, 0.25) is 5.16 Å². The Bertz CT molecular complexity index is 337. The summed E-state index contributed by atoms with van der Waals surface area (Å²) in [5, 5.41) is 8.88. The van der Waals surface area contributed by atoms with E-state index < -0.39 is 0 Å². The summed E-state index contributed by atoms with van der Waals surface area (Å²) in [5.74, 6) is 7.57.